The van der Waals surface area contributed by atoms with Gasteiger partial charge in [-0.15, -0.1) is 0 Å². The van der Waals surface area contributed by atoms with Gasteiger partial charge in [0.1, 0.15) is 17.1 Å². The molecule has 1 atom stereocenters. The summed E-state index contributed by atoms with van der Waals surface area (Å²) in [7, 11) is 0. The van der Waals surface area contributed by atoms with Crippen LogP contribution in [0.1, 0.15) is 24.3 Å². The molecular weight excluding hydrogens is 340 g/mol. The van der Waals surface area contributed by atoms with Gasteiger partial charge in [0.25, 0.3) is 5.91 Å². The fourth-order valence-electron chi connectivity index (χ4n) is 2.40. The molecule has 0 saturated heterocycles. The summed E-state index contributed by atoms with van der Waals surface area (Å²) < 4.78 is 11.1. The molecule has 1 aromatic heterocycles. The van der Waals surface area contributed by atoms with Crippen LogP contribution in [0, 0.1) is 11.3 Å². The number of carbonyl (C=O) groups is 1. The van der Waals surface area contributed by atoms with Crippen molar-refractivity contribution >= 4 is 28.5 Å². The first-order chi connectivity index (χ1) is 12.1. The number of benzene rings is 2. The summed E-state index contributed by atoms with van der Waals surface area (Å²) in [5.74, 6) is 0.728. The zero-order valence-electron chi connectivity index (χ0n) is 13.5. The first-order valence-corrected chi connectivity index (χ1v) is 8.05. The van der Waals surface area contributed by atoms with Gasteiger partial charge in [0, 0.05) is 5.39 Å². The fourth-order valence-corrected chi connectivity index (χ4v) is 2.64. The second-order valence-electron chi connectivity index (χ2n) is 5.52. The lowest BCUT2D eigenvalue weighted by Gasteiger charge is -2.12. The van der Waals surface area contributed by atoms with Crippen molar-refractivity contribution < 1.29 is 13.9 Å². The van der Waals surface area contributed by atoms with Crippen molar-refractivity contribution in [1.29, 1.82) is 5.26 Å². The lowest BCUT2D eigenvalue weighted by atomic mass is 10.2. The van der Waals surface area contributed by atoms with Crippen LogP contribution < -0.4 is 10.1 Å². The van der Waals surface area contributed by atoms with Gasteiger partial charge >= 0.3 is 0 Å². The average molecular weight is 355 g/mol. The fraction of sp³-hybridized carbons (Fsp3) is 0.158. The van der Waals surface area contributed by atoms with Crippen molar-refractivity contribution in [1.82, 2.24) is 5.32 Å². The largest absolute Gasteiger partial charge is 0.482 e. The predicted octanol–water partition coefficient (Wildman–Crippen LogP) is 4.21. The number of furan rings is 1. The molecule has 6 heteroatoms. The molecule has 1 heterocycles. The topological polar surface area (TPSA) is 75.3 Å². The molecule has 0 radical (unpaired) electrons. The molecule has 0 aliphatic carbocycles. The van der Waals surface area contributed by atoms with E-state index in [4.69, 9.17) is 26.0 Å². The zero-order chi connectivity index (χ0) is 17.8. The molecule has 0 fully saturated rings. The standard InChI is InChI=1S/C19H15ClN2O3/c1-12(18-9-14-4-2-3-5-16(14)25-18)22-19(23)11-24-17-7-6-13(10-21)8-15(17)20/h2-9,12H,11H2,1H3,(H,22,23)/t12-/m1/s1. The summed E-state index contributed by atoms with van der Waals surface area (Å²) in [6, 6.07) is 15.9. The summed E-state index contributed by atoms with van der Waals surface area (Å²) >= 11 is 6.02. The molecule has 3 aromatic rings. The van der Waals surface area contributed by atoms with Crippen molar-refractivity contribution in [3.05, 3.63) is 64.9 Å². The lowest BCUT2D eigenvalue weighted by molar-refractivity contribution is -0.123. The maximum atomic E-state index is 12.1. The van der Waals surface area contributed by atoms with Gasteiger partial charge in [0.05, 0.1) is 22.7 Å². The van der Waals surface area contributed by atoms with E-state index >= 15 is 0 Å². The monoisotopic (exact) mass is 354 g/mol. The van der Waals surface area contributed by atoms with Crippen molar-refractivity contribution in [3.63, 3.8) is 0 Å². The Bertz CT molecular complexity index is 926. The summed E-state index contributed by atoms with van der Waals surface area (Å²) in [4.78, 5) is 12.1. The van der Waals surface area contributed by atoms with Crippen LogP contribution >= 0.6 is 11.6 Å². The molecule has 5 nitrogen and oxygen atoms in total. The minimum Gasteiger partial charge on any atom is -0.482 e. The highest BCUT2D eigenvalue weighted by Gasteiger charge is 2.15. The van der Waals surface area contributed by atoms with Gasteiger partial charge in [-0.3, -0.25) is 4.79 Å². The Labute approximate surface area is 149 Å². The van der Waals surface area contributed by atoms with E-state index in [-0.39, 0.29) is 23.6 Å². The number of rotatable bonds is 5. The number of nitriles is 1. The SMILES string of the molecule is C[C@@H](NC(=O)COc1ccc(C#N)cc1Cl)c1cc2ccccc2o1. The summed E-state index contributed by atoms with van der Waals surface area (Å²) in [5.41, 5.74) is 1.21. The molecule has 126 valence electrons. The number of hydrogen-bond donors (Lipinski definition) is 1. The van der Waals surface area contributed by atoms with E-state index in [9.17, 15) is 4.79 Å². The molecular formula is C19H15ClN2O3. The number of halogens is 1. The molecule has 0 saturated carbocycles. The van der Waals surface area contributed by atoms with E-state index in [0.717, 1.165) is 11.0 Å². The second-order valence-corrected chi connectivity index (χ2v) is 5.93. The van der Waals surface area contributed by atoms with Gasteiger partial charge in [-0.1, -0.05) is 29.8 Å². The molecule has 0 spiro atoms. The van der Waals surface area contributed by atoms with Crippen LogP contribution in [-0.4, -0.2) is 12.5 Å². The Kier molecular flexibility index (Phi) is 4.92. The Hall–Kier alpha value is -2.97. The molecule has 2 aromatic carbocycles. The smallest absolute Gasteiger partial charge is 0.258 e. The normalized spacial score (nSPS) is 11.7. The van der Waals surface area contributed by atoms with Gasteiger partial charge in [-0.25, -0.2) is 0 Å². The third-order valence-corrected chi connectivity index (χ3v) is 3.96. The zero-order valence-corrected chi connectivity index (χ0v) is 14.2. The quantitative estimate of drug-likeness (QED) is 0.744. The van der Waals surface area contributed by atoms with Gasteiger partial charge in [-0.05, 0) is 37.3 Å². The van der Waals surface area contributed by atoms with E-state index < -0.39 is 0 Å². The molecule has 1 N–H and O–H groups in total. The van der Waals surface area contributed by atoms with Crippen molar-refractivity contribution in [2.45, 2.75) is 13.0 Å². The van der Waals surface area contributed by atoms with Crippen molar-refractivity contribution in [3.8, 4) is 11.8 Å². The highest BCUT2D eigenvalue weighted by atomic mass is 35.5. The van der Waals surface area contributed by atoms with Gasteiger partial charge < -0.3 is 14.5 Å². The Morgan fingerprint density at radius 1 is 1.32 bits per heavy atom. The molecule has 25 heavy (non-hydrogen) atoms. The maximum Gasteiger partial charge on any atom is 0.258 e. The lowest BCUT2D eigenvalue weighted by Crippen LogP contribution is -2.31. The number of ether oxygens (including phenoxy) is 1. The Morgan fingerprint density at radius 3 is 2.84 bits per heavy atom. The van der Waals surface area contributed by atoms with Crippen LogP contribution in [0.5, 0.6) is 5.75 Å². The number of hydrogen-bond acceptors (Lipinski definition) is 4. The molecule has 3 rings (SSSR count). The molecule has 0 unspecified atom stereocenters. The summed E-state index contributed by atoms with van der Waals surface area (Å²) in [6.07, 6.45) is 0. The highest BCUT2D eigenvalue weighted by Crippen LogP contribution is 2.26. The van der Waals surface area contributed by atoms with E-state index in [2.05, 4.69) is 5.32 Å². The molecule has 0 aliphatic heterocycles. The molecule has 0 aliphatic rings. The van der Waals surface area contributed by atoms with E-state index in [1.165, 1.54) is 6.07 Å². The molecule has 1 amide bonds. The third kappa shape index (κ3) is 3.93. The van der Waals surface area contributed by atoms with Crippen LogP contribution in [0.3, 0.4) is 0 Å². The van der Waals surface area contributed by atoms with Crippen LogP contribution in [0.2, 0.25) is 5.02 Å². The Balaban J connectivity index is 1.59. The van der Waals surface area contributed by atoms with Crippen LogP contribution in [0.4, 0.5) is 0 Å². The number of carbonyl (C=O) groups excluding carboxylic acids is 1. The highest BCUT2D eigenvalue weighted by molar-refractivity contribution is 6.32. The Morgan fingerprint density at radius 2 is 2.12 bits per heavy atom. The minimum atomic E-state index is -0.298. The third-order valence-electron chi connectivity index (χ3n) is 3.67. The predicted molar refractivity (Wildman–Crippen MR) is 94.4 cm³/mol. The number of nitrogens with zero attached hydrogens (tertiary/aromatic N) is 1. The molecule has 0 bridgehead atoms. The first-order valence-electron chi connectivity index (χ1n) is 7.67. The van der Waals surface area contributed by atoms with Crippen molar-refractivity contribution in [2.24, 2.45) is 0 Å². The van der Waals surface area contributed by atoms with Crippen LogP contribution in [0.15, 0.2) is 52.9 Å². The number of para-hydroxylation sites is 1. The summed E-state index contributed by atoms with van der Waals surface area (Å²) in [6.45, 7) is 1.65. The number of fused-ring (bicyclic) bond motifs is 1. The van der Waals surface area contributed by atoms with E-state index in [0.29, 0.717) is 17.1 Å². The first kappa shape index (κ1) is 16.9. The average Bonchev–Trinajstić information content (AvgIpc) is 3.05. The summed E-state index contributed by atoms with van der Waals surface area (Å²) in [5, 5.41) is 12.9. The van der Waals surface area contributed by atoms with Crippen molar-refractivity contribution in [2.75, 3.05) is 6.61 Å². The number of nitrogens with one attached hydrogen (secondary N) is 1. The number of amides is 1. The van der Waals surface area contributed by atoms with Crippen LogP contribution in [-0.2, 0) is 4.79 Å². The maximum absolute atomic E-state index is 12.1. The second kappa shape index (κ2) is 7.29. The van der Waals surface area contributed by atoms with Gasteiger partial charge in [0.2, 0.25) is 0 Å². The van der Waals surface area contributed by atoms with Gasteiger partial charge in [0.15, 0.2) is 6.61 Å². The van der Waals surface area contributed by atoms with Crippen LogP contribution in [0.25, 0.3) is 11.0 Å². The minimum absolute atomic E-state index is 0.184. The van der Waals surface area contributed by atoms with E-state index in [1.807, 2.05) is 43.3 Å². The van der Waals surface area contributed by atoms with E-state index in [1.54, 1.807) is 12.1 Å². The van der Waals surface area contributed by atoms with Gasteiger partial charge in [-0.2, -0.15) is 5.26 Å².